The second-order valence-electron chi connectivity index (χ2n) is 3.28. The zero-order valence-electron chi connectivity index (χ0n) is 8.20. The van der Waals surface area contributed by atoms with Crippen LogP contribution in [0.2, 0.25) is 5.02 Å². The van der Waals surface area contributed by atoms with Gasteiger partial charge in [-0.05, 0) is 31.0 Å². The van der Waals surface area contributed by atoms with Gasteiger partial charge in [0, 0.05) is 5.02 Å². The molecular formula is C10H15Cl2NO. The van der Waals surface area contributed by atoms with E-state index in [1.54, 1.807) is 13.0 Å². The van der Waals surface area contributed by atoms with Crippen molar-refractivity contribution in [1.29, 1.82) is 0 Å². The topological polar surface area (TPSA) is 46.2 Å². The third-order valence-corrected chi connectivity index (χ3v) is 2.51. The van der Waals surface area contributed by atoms with Gasteiger partial charge in [-0.2, -0.15) is 0 Å². The van der Waals surface area contributed by atoms with Gasteiger partial charge >= 0.3 is 0 Å². The Morgan fingerprint density at radius 3 is 2.43 bits per heavy atom. The van der Waals surface area contributed by atoms with Crippen LogP contribution in [-0.4, -0.2) is 11.2 Å². The summed E-state index contributed by atoms with van der Waals surface area (Å²) in [6.45, 7) is 3.60. The molecule has 2 atom stereocenters. The summed E-state index contributed by atoms with van der Waals surface area (Å²) in [6.07, 6.45) is -0.557. The highest BCUT2D eigenvalue weighted by molar-refractivity contribution is 6.31. The minimum Gasteiger partial charge on any atom is -0.391 e. The Morgan fingerprint density at radius 2 is 2.00 bits per heavy atom. The van der Waals surface area contributed by atoms with Crippen LogP contribution in [0.4, 0.5) is 0 Å². The van der Waals surface area contributed by atoms with E-state index >= 15 is 0 Å². The predicted molar refractivity (Wildman–Crippen MR) is 62.0 cm³/mol. The number of hydrogen-bond donors (Lipinski definition) is 2. The zero-order valence-corrected chi connectivity index (χ0v) is 9.77. The number of nitrogens with two attached hydrogens (primary N) is 1. The van der Waals surface area contributed by atoms with Gasteiger partial charge in [-0.15, -0.1) is 12.4 Å². The number of benzene rings is 1. The molecule has 2 nitrogen and oxygen atoms in total. The second-order valence-corrected chi connectivity index (χ2v) is 3.68. The van der Waals surface area contributed by atoms with Crippen molar-refractivity contribution < 1.29 is 5.11 Å². The molecule has 0 unspecified atom stereocenters. The molecule has 0 amide bonds. The molecule has 0 aliphatic carbocycles. The summed E-state index contributed by atoms with van der Waals surface area (Å²) >= 11 is 5.93. The minimum absolute atomic E-state index is 0. The molecule has 0 radical (unpaired) electrons. The van der Waals surface area contributed by atoms with Crippen LogP contribution in [-0.2, 0) is 0 Å². The highest BCUT2D eigenvalue weighted by Crippen LogP contribution is 2.21. The monoisotopic (exact) mass is 235 g/mol. The lowest BCUT2D eigenvalue weighted by Gasteiger charge is -2.15. The van der Waals surface area contributed by atoms with Gasteiger partial charge in [-0.25, -0.2) is 0 Å². The Bertz CT molecular complexity index is 302. The molecule has 4 heteroatoms. The molecule has 80 valence electrons. The van der Waals surface area contributed by atoms with Crippen molar-refractivity contribution in [1.82, 2.24) is 0 Å². The molecule has 0 aliphatic rings. The van der Waals surface area contributed by atoms with Crippen LogP contribution in [0, 0.1) is 6.92 Å². The van der Waals surface area contributed by atoms with E-state index in [4.69, 9.17) is 17.3 Å². The Morgan fingerprint density at radius 1 is 1.43 bits per heavy atom. The fourth-order valence-electron chi connectivity index (χ4n) is 1.09. The first-order valence-electron chi connectivity index (χ1n) is 4.22. The van der Waals surface area contributed by atoms with E-state index in [-0.39, 0.29) is 18.4 Å². The van der Waals surface area contributed by atoms with Gasteiger partial charge in [0.05, 0.1) is 12.1 Å². The standard InChI is InChI=1S/C10H14ClNO.ClH/c1-6-3-4-8(5-9(6)11)10(12)7(2)13;/h3-5,7,10,13H,12H2,1-2H3;1H/t7-,10-;/m0./s1. The van der Waals surface area contributed by atoms with Crippen LogP contribution in [0.5, 0.6) is 0 Å². The maximum absolute atomic E-state index is 9.27. The molecule has 0 aromatic heterocycles. The van der Waals surface area contributed by atoms with Crippen LogP contribution in [0.3, 0.4) is 0 Å². The van der Waals surface area contributed by atoms with Gasteiger partial charge in [0.25, 0.3) is 0 Å². The molecule has 0 fully saturated rings. The summed E-state index contributed by atoms with van der Waals surface area (Å²) in [5, 5.41) is 9.95. The number of halogens is 2. The lowest BCUT2D eigenvalue weighted by atomic mass is 10.0. The van der Waals surface area contributed by atoms with E-state index in [0.717, 1.165) is 11.1 Å². The lowest BCUT2D eigenvalue weighted by Crippen LogP contribution is -2.23. The van der Waals surface area contributed by atoms with E-state index in [1.807, 2.05) is 19.1 Å². The Kier molecular flexibility index (Phi) is 5.45. The van der Waals surface area contributed by atoms with E-state index in [2.05, 4.69) is 0 Å². The van der Waals surface area contributed by atoms with Gasteiger partial charge in [0.15, 0.2) is 0 Å². The third-order valence-electron chi connectivity index (χ3n) is 2.10. The van der Waals surface area contributed by atoms with Crippen LogP contribution < -0.4 is 5.73 Å². The second kappa shape index (κ2) is 5.56. The van der Waals surface area contributed by atoms with Crippen molar-refractivity contribution in [2.24, 2.45) is 5.73 Å². The summed E-state index contributed by atoms with van der Waals surface area (Å²) in [6, 6.07) is 5.23. The van der Waals surface area contributed by atoms with Gasteiger partial charge in [0.1, 0.15) is 0 Å². The van der Waals surface area contributed by atoms with E-state index in [1.165, 1.54) is 0 Å². The minimum atomic E-state index is -0.557. The molecule has 3 N–H and O–H groups in total. The van der Waals surface area contributed by atoms with Gasteiger partial charge < -0.3 is 10.8 Å². The Labute approximate surface area is 95.5 Å². The maximum Gasteiger partial charge on any atom is 0.0704 e. The maximum atomic E-state index is 9.27. The molecule has 0 spiro atoms. The van der Waals surface area contributed by atoms with Crippen LogP contribution in [0.1, 0.15) is 24.1 Å². The van der Waals surface area contributed by atoms with Crippen molar-refractivity contribution in [2.45, 2.75) is 26.0 Å². The first-order valence-corrected chi connectivity index (χ1v) is 4.60. The van der Waals surface area contributed by atoms with Crippen LogP contribution >= 0.6 is 24.0 Å². The summed E-state index contributed by atoms with van der Waals surface area (Å²) in [5.41, 5.74) is 7.63. The van der Waals surface area contributed by atoms with Crippen molar-refractivity contribution in [3.8, 4) is 0 Å². The fraction of sp³-hybridized carbons (Fsp3) is 0.400. The molecule has 1 aromatic carbocycles. The fourth-order valence-corrected chi connectivity index (χ4v) is 1.28. The Balaban J connectivity index is 0.00000169. The number of aliphatic hydroxyl groups excluding tert-OH is 1. The molecule has 0 bridgehead atoms. The lowest BCUT2D eigenvalue weighted by molar-refractivity contribution is 0.164. The van der Waals surface area contributed by atoms with Crippen LogP contribution in [0.25, 0.3) is 0 Å². The quantitative estimate of drug-likeness (QED) is 0.828. The van der Waals surface area contributed by atoms with E-state index < -0.39 is 6.10 Å². The Hall–Kier alpha value is -0.280. The van der Waals surface area contributed by atoms with Gasteiger partial charge in [0.2, 0.25) is 0 Å². The summed E-state index contributed by atoms with van der Waals surface area (Å²) in [4.78, 5) is 0. The van der Waals surface area contributed by atoms with Crippen molar-refractivity contribution >= 4 is 24.0 Å². The smallest absolute Gasteiger partial charge is 0.0704 e. The molecular weight excluding hydrogens is 221 g/mol. The average molecular weight is 236 g/mol. The largest absolute Gasteiger partial charge is 0.391 e. The molecule has 0 heterocycles. The number of hydrogen-bond acceptors (Lipinski definition) is 2. The molecule has 0 aliphatic heterocycles. The third kappa shape index (κ3) is 3.14. The van der Waals surface area contributed by atoms with Crippen molar-refractivity contribution in [2.75, 3.05) is 0 Å². The average Bonchev–Trinajstić information content (AvgIpc) is 2.08. The molecule has 0 saturated carbocycles. The molecule has 14 heavy (non-hydrogen) atoms. The molecule has 1 aromatic rings. The summed E-state index contributed by atoms with van der Waals surface area (Å²) in [5.74, 6) is 0. The van der Waals surface area contributed by atoms with E-state index in [0.29, 0.717) is 5.02 Å². The van der Waals surface area contributed by atoms with Crippen molar-refractivity contribution in [3.63, 3.8) is 0 Å². The van der Waals surface area contributed by atoms with Gasteiger partial charge in [-0.1, -0.05) is 23.7 Å². The first kappa shape index (κ1) is 13.7. The highest BCUT2D eigenvalue weighted by atomic mass is 35.5. The van der Waals surface area contributed by atoms with Gasteiger partial charge in [-0.3, -0.25) is 0 Å². The summed E-state index contributed by atoms with van der Waals surface area (Å²) < 4.78 is 0. The first-order chi connectivity index (χ1) is 6.02. The van der Waals surface area contributed by atoms with E-state index in [9.17, 15) is 5.11 Å². The molecule has 1 rings (SSSR count). The number of aryl methyl sites for hydroxylation is 1. The number of rotatable bonds is 2. The SMILES string of the molecule is Cc1ccc([C@@H](N)[C@H](C)O)cc1Cl.Cl. The highest BCUT2D eigenvalue weighted by Gasteiger charge is 2.12. The van der Waals surface area contributed by atoms with Crippen molar-refractivity contribution in [3.05, 3.63) is 34.3 Å². The summed E-state index contributed by atoms with van der Waals surface area (Å²) in [7, 11) is 0. The molecule has 0 saturated heterocycles. The van der Waals surface area contributed by atoms with Crippen LogP contribution in [0.15, 0.2) is 18.2 Å². The normalized spacial score (nSPS) is 14.4. The predicted octanol–water partition coefficient (Wildman–Crippen LogP) is 2.45. The zero-order chi connectivity index (χ0) is 10.0. The number of aliphatic hydroxyl groups is 1.